The molecular formula is C26H37BrO6. The topological polar surface area (TPSA) is 78.9 Å². The van der Waals surface area contributed by atoms with E-state index in [1.165, 1.54) is 26.3 Å². The molecule has 6 nitrogen and oxygen atoms in total. The van der Waals surface area contributed by atoms with Crippen LogP contribution in [-0.2, 0) is 28.6 Å². The van der Waals surface area contributed by atoms with Crippen molar-refractivity contribution >= 4 is 33.8 Å². The Kier molecular flexibility index (Phi) is 6.29. The molecule has 33 heavy (non-hydrogen) atoms. The Morgan fingerprint density at radius 2 is 1.64 bits per heavy atom. The second-order valence-corrected chi connectivity index (χ2v) is 12.7. The molecule has 7 heteroatoms. The normalized spacial score (nSPS) is 44.2. The second-order valence-electron chi connectivity index (χ2n) is 11.6. The summed E-state index contributed by atoms with van der Waals surface area (Å²) in [6, 6.07) is 0. The first-order valence-electron chi connectivity index (χ1n) is 12.1. The van der Waals surface area contributed by atoms with E-state index in [9.17, 15) is 14.4 Å². The highest BCUT2D eigenvalue weighted by atomic mass is 79.9. The van der Waals surface area contributed by atoms with Crippen molar-refractivity contribution in [2.75, 3.05) is 6.61 Å². The fourth-order valence-corrected chi connectivity index (χ4v) is 8.06. The summed E-state index contributed by atoms with van der Waals surface area (Å²) in [4.78, 5) is 35.3. The minimum atomic E-state index is -0.285. The molecule has 0 heterocycles. The zero-order valence-electron chi connectivity index (χ0n) is 20.6. The van der Waals surface area contributed by atoms with Crippen molar-refractivity contribution in [2.24, 2.45) is 34.0 Å². The number of carbonyl (C=O) groups excluding carboxylic acids is 3. The van der Waals surface area contributed by atoms with E-state index >= 15 is 0 Å². The van der Waals surface area contributed by atoms with Crippen molar-refractivity contribution in [2.45, 2.75) is 90.7 Å². The van der Waals surface area contributed by atoms with E-state index in [2.05, 4.69) is 42.8 Å². The molecule has 3 saturated carbocycles. The highest BCUT2D eigenvalue weighted by Crippen LogP contribution is 2.74. The van der Waals surface area contributed by atoms with Gasteiger partial charge in [0.2, 0.25) is 0 Å². The quantitative estimate of drug-likeness (QED) is 0.218. The molecular weight excluding hydrogens is 488 g/mol. The van der Waals surface area contributed by atoms with Gasteiger partial charge in [-0.1, -0.05) is 48.4 Å². The summed E-state index contributed by atoms with van der Waals surface area (Å²) in [6.07, 6.45) is 6.55. The highest BCUT2D eigenvalue weighted by molar-refractivity contribution is 9.09. The molecule has 0 bridgehead atoms. The van der Waals surface area contributed by atoms with E-state index in [0.29, 0.717) is 18.4 Å². The lowest BCUT2D eigenvalue weighted by molar-refractivity contribution is -0.164. The molecule has 3 fully saturated rings. The van der Waals surface area contributed by atoms with Gasteiger partial charge < -0.3 is 14.2 Å². The zero-order valence-corrected chi connectivity index (χ0v) is 22.2. The standard InChI is InChI=1S/C26H37BrO6/c1-14(28)31-13-23(27)24(4)8-7-18-17(10-24)20(32-15(2)29)9-22-25(5)11-19(25)21(33-16(3)30)12-26(18,22)6/h7,17,19-23H,8-13H2,1-6H3/t17-,19+,20-,21-,22-,23+,24+,25+,26+/m1/s1. The number of allylic oxidation sites excluding steroid dienone is 1. The molecule has 9 atom stereocenters. The predicted molar refractivity (Wildman–Crippen MR) is 126 cm³/mol. The van der Waals surface area contributed by atoms with Gasteiger partial charge in [-0.15, -0.1) is 0 Å². The van der Waals surface area contributed by atoms with E-state index in [4.69, 9.17) is 14.2 Å². The first-order valence-corrected chi connectivity index (χ1v) is 13.0. The van der Waals surface area contributed by atoms with Gasteiger partial charge in [0.25, 0.3) is 0 Å². The third-order valence-corrected chi connectivity index (χ3v) is 10.6. The van der Waals surface area contributed by atoms with Gasteiger partial charge in [-0.25, -0.2) is 0 Å². The Bertz CT molecular complexity index is 884. The molecule has 0 N–H and O–H groups in total. The number of rotatable bonds is 5. The number of esters is 3. The molecule has 0 aromatic carbocycles. The molecule has 0 saturated heterocycles. The van der Waals surface area contributed by atoms with Gasteiger partial charge in [0.05, 0.1) is 4.83 Å². The summed E-state index contributed by atoms with van der Waals surface area (Å²) in [7, 11) is 0. The molecule has 4 rings (SSSR count). The number of ether oxygens (including phenoxy) is 3. The Balaban J connectivity index is 1.68. The summed E-state index contributed by atoms with van der Waals surface area (Å²) in [5.74, 6) is 0.142. The van der Waals surface area contributed by atoms with Gasteiger partial charge in [-0.3, -0.25) is 14.4 Å². The molecule has 184 valence electrons. The van der Waals surface area contributed by atoms with Crippen LogP contribution in [0.25, 0.3) is 0 Å². The number of halogens is 1. The van der Waals surface area contributed by atoms with Crippen molar-refractivity contribution in [1.82, 2.24) is 0 Å². The predicted octanol–water partition coefficient (Wildman–Crippen LogP) is 4.98. The van der Waals surface area contributed by atoms with Gasteiger partial charge in [-0.05, 0) is 54.3 Å². The molecule has 0 spiro atoms. The molecule has 4 aliphatic rings. The van der Waals surface area contributed by atoms with Crippen molar-refractivity contribution in [3.8, 4) is 0 Å². The molecule has 0 aliphatic heterocycles. The molecule has 0 aromatic heterocycles. The SMILES string of the molecule is CC(=O)OC[C@H](Br)[C@@]1(C)CC=C2[C@@H](C1)[C@H](OC(C)=O)C[C@@H]1[C@@]3(C)C[C@H]3[C@H](OC(C)=O)C[C@@]21C. The van der Waals surface area contributed by atoms with Crippen LogP contribution < -0.4 is 0 Å². The van der Waals surface area contributed by atoms with Gasteiger partial charge in [0.15, 0.2) is 0 Å². The van der Waals surface area contributed by atoms with Crippen LogP contribution >= 0.6 is 15.9 Å². The summed E-state index contributed by atoms with van der Waals surface area (Å²) in [5.41, 5.74) is 1.23. The lowest BCUT2D eigenvalue weighted by Gasteiger charge is -2.58. The summed E-state index contributed by atoms with van der Waals surface area (Å²) >= 11 is 3.78. The van der Waals surface area contributed by atoms with Crippen molar-refractivity contribution in [3.05, 3.63) is 11.6 Å². The average molecular weight is 525 g/mol. The zero-order chi connectivity index (χ0) is 24.3. The average Bonchev–Trinajstić information content (AvgIpc) is 3.40. The Morgan fingerprint density at radius 1 is 1.00 bits per heavy atom. The van der Waals surface area contributed by atoms with E-state index in [0.717, 1.165) is 32.1 Å². The van der Waals surface area contributed by atoms with Crippen LogP contribution in [0.5, 0.6) is 0 Å². The Hall–Kier alpha value is -1.37. The number of carbonyl (C=O) groups is 3. The van der Waals surface area contributed by atoms with Gasteiger partial charge in [-0.2, -0.15) is 0 Å². The minimum absolute atomic E-state index is 0.000637. The van der Waals surface area contributed by atoms with E-state index < -0.39 is 0 Å². The lowest BCUT2D eigenvalue weighted by Crippen LogP contribution is -2.55. The molecule has 0 radical (unpaired) electrons. The highest BCUT2D eigenvalue weighted by Gasteiger charge is 2.71. The number of hydrogen-bond acceptors (Lipinski definition) is 6. The smallest absolute Gasteiger partial charge is 0.302 e. The van der Waals surface area contributed by atoms with E-state index in [1.807, 2.05) is 0 Å². The second kappa shape index (κ2) is 8.39. The Morgan fingerprint density at radius 3 is 2.24 bits per heavy atom. The number of fused-ring (bicyclic) bond motifs is 5. The molecule has 0 unspecified atom stereocenters. The summed E-state index contributed by atoms with van der Waals surface area (Å²) < 4.78 is 17.1. The maximum absolute atomic E-state index is 12.1. The fourth-order valence-electron chi connectivity index (χ4n) is 7.55. The van der Waals surface area contributed by atoms with Crippen LogP contribution in [0.15, 0.2) is 11.6 Å². The third kappa shape index (κ3) is 4.28. The molecule has 4 aliphatic carbocycles. The first-order chi connectivity index (χ1) is 15.3. The van der Waals surface area contributed by atoms with Crippen LogP contribution in [0.4, 0.5) is 0 Å². The maximum Gasteiger partial charge on any atom is 0.302 e. The maximum atomic E-state index is 12.1. The van der Waals surface area contributed by atoms with Crippen LogP contribution in [-0.4, -0.2) is 41.5 Å². The largest absolute Gasteiger partial charge is 0.465 e. The summed E-state index contributed by atoms with van der Waals surface area (Å²) in [5, 5.41) is 0. The van der Waals surface area contributed by atoms with Crippen LogP contribution in [0, 0.1) is 34.0 Å². The Labute approximate surface area is 205 Å². The third-order valence-electron chi connectivity index (χ3n) is 9.26. The number of hydrogen-bond donors (Lipinski definition) is 0. The molecule has 0 aromatic rings. The van der Waals surface area contributed by atoms with Crippen LogP contribution in [0.1, 0.15) is 73.6 Å². The first kappa shape index (κ1) is 24.7. The van der Waals surface area contributed by atoms with Gasteiger partial charge >= 0.3 is 17.9 Å². The monoisotopic (exact) mass is 524 g/mol. The van der Waals surface area contributed by atoms with E-state index in [1.54, 1.807) is 0 Å². The van der Waals surface area contributed by atoms with Gasteiger partial charge in [0.1, 0.15) is 18.8 Å². The van der Waals surface area contributed by atoms with Crippen LogP contribution in [0.3, 0.4) is 0 Å². The van der Waals surface area contributed by atoms with Crippen molar-refractivity contribution in [1.29, 1.82) is 0 Å². The fraction of sp³-hybridized carbons (Fsp3) is 0.808. The van der Waals surface area contributed by atoms with Crippen molar-refractivity contribution < 1.29 is 28.6 Å². The summed E-state index contributed by atoms with van der Waals surface area (Å²) in [6.45, 7) is 11.6. The molecule has 0 amide bonds. The number of alkyl halides is 1. The minimum Gasteiger partial charge on any atom is -0.465 e. The van der Waals surface area contributed by atoms with Crippen LogP contribution in [0.2, 0.25) is 0 Å². The van der Waals surface area contributed by atoms with Gasteiger partial charge in [0, 0.05) is 32.6 Å². The van der Waals surface area contributed by atoms with E-state index in [-0.39, 0.29) is 57.1 Å². The lowest BCUT2D eigenvalue weighted by atomic mass is 9.48. The van der Waals surface area contributed by atoms with Crippen molar-refractivity contribution in [3.63, 3.8) is 0 Å².